The monoisotopic (exact) mass is 257 g/mol. The van der Waals surface area contributed by atoms with Gasteiger partial charge >= 0.3 is 0 Å². The number of thiophene rings is 1. The SMILES string of the molecule is CNC(c1ccsc1)c1cc2cc(C)ccc2o1. The van der Waals surface area contributed by atoms with Crippen LogP contribution < -0.4 is 5.32 Å². The predicted molar refractivity (Wildman–Crippen MR) is 76.2 cm³/mol. The van der Waals surface area contributed by atoms with Gasteiger partial charge in [-0.05, 0) is 54.6 Å². The first-order valence-electron chi connectivity index (χ1n) is 5.97. The Bertz CT molecular complexity index is 654. The molecule has 92 valence electrons. The molecule has 0 saturated heterocycles. The van der Waals surface area contributed by atoms with Crippen LogP contribution in [0.25, 0.3) is 11.0 Å². The van der Waals surface area contributed by atoms with Crippen molar-refractivity contribution in [3.8, 4) is 0 Å². The quantitative estimate of drug-likeness (QED) is 0.763. The molecule has 0 spiro atoms. The van der Waals surface area contributed by atoms with Crippen molar-refractivity contribution in [3.05, 3.63) is 58.0 Å². The summed E-state index contributed by atoms with van der Waals surface area (Å²) in [4.78, 5) is 0. The molecule has 1 aromatic carbocycles. The summed E-state index contributed by atoms with van der Waals surface area (Å²) in [7, 11) is 1.96. The number of nitrogens with one attached hydrogen (secondary N) is 1. The number of hydrogen-bond donors (Lipinski definition) is 1. The molecule has 0 radical (unpaired) electrons. The summed E-state index contributed by atoms with van der Waals surface area (Å²) in [5.74, 6) is 0.969. The van der Waals surface area contributed by atoms with E-state index in [1.807, 2.05) is 13.1 Å². The van der Waals surface area contributed by atoms with Crippen molar-refractivity contribution in [2.75, 3.05) is 7.05 Å². The molecule has 3 heteroatoms. The van der Waals surface area contributed by atoms with Gasteiger partial charge in [0.2, 0.25) is 0 Å². The third kappa shape index (κ3) is 1.96. The maximum absolute atomic E-state index is 5.94. The Morgan fingerprint density at radius 3 is 2.83 bits per heavy atom. The van der Waals surface area contributed by atoms with Gasteiger partial charge < -0.3 is 9.73 Å². The topological polar surface area (TPSA) is 25.2 Å². The molecular formula is C15H15NOS. The van der Waals surface area contributed by atoms with Crippen molar-refractivity contribution in [3.63, 3.8) is 0 Å². The molecule has 2 nitrogen and oxygen atoms in total. The summed E-state index contributed by atoms with van der Waals surface area (Å²) in [6.45, 7) is 2.10. The molecule has 1 N–H and O–H groups in total. The average molecular weight is 257 g/mol. The average Bonchev–Trinajstić information content (AvgIpc) is 2.98. The molecule has 1 unspecified atom stereocenters. The summed E-state index contributed by atoms with van der Waals surface area (Å²) in [6.07, 6.45) is 0. The van der Waals surface area contributed by atoms with E-state index in [-0.39, 0.29) is 6.04 Å². The molecule has 0 bridgehead atoms. The minimum absolute atomic E-state index is 0.129. The molecule has 0 saturated carbocycles. The van der Waals surface area contributed by atoms with E-state index >= 15 is 0 Å². The summed E-state index contributed by atoms with van der Waals surface area (Å²) < 4.78 is 5.94. The van der Waals surface area contributed by atoms with Crippen LogP contribution in [-0.4, -0.2) is 7.05 Å². The van der Waals surface area contributed by atoms with Crippen LogP contribution in [0.3, 0.4) is 0 Å². The lowest BCUT2D eigenvalue weighted by Gasteiger charge is -2.11. The van der Waals surface area contributed by atoms with Crippen LogP contribution in [0.5, 0.6) is 0 Å². The summed E-state index contributed by atoms with van der Waals surface area (Å²) in [5.41, 5.74) is 3.45. The number of hydrogen-bond acceptors (Lipinski definition) is 3. The third-order valence-corrected chi connectivity index (χ3v) is 3.84. The van der Waals surface area contributed by atoms with Gasteiger partial charge in [-0.15, -0.1) is 0 Å². The molecule has 2 heterocycles. The van der Waals surface area contributed by atoms with Gasteiger partial charge in [0.1, 0.15) is 11.3 Å². The number of rotatable bonds is 3. The Morgan fingerprint density at radius 2 is 2.11 bits per heavy atom. The molecule has 3 aromatic rings. The normalized spacial score (nSPS) is 13.0. The van der Waals surface area contributed by atoms with E-state index in [0.29, 0.717) is 0 Å². The first kappa shape index (κ1) is 11.5. The van der Waals surface area contributed by atoms with Crippen LogP contribution in [0.15, 0.2) is 45.5 Å². The Hall–Kier alpha value is -1.58. The lowest BCUT2D eigenvalue weighted by atomic mass is 10.1. The van der Waals surface area contributed by atoms with Gasteiger partial charge in [0.15, 0.2) is 0 Å². The zero-order chi connectivity index (χ0) is 12.5. The fourth-order valence-corrected chi connectivity index (χ4v) is 2.92. The molecule has 2 aromatic heterocycles. The molecule has 18 heavy (non-hydrogen) atoms. The number of fused-ring (bicyclic) bond motifs is 1. The van der Waals surface area contributed by atoms with Gasteiger partial charge in [0.05, 0.1) is 6.04 Å². The predicted octanol–water partition coefficient (Wildman–Crippen LogP) is 4.11. The van der Waals surface area contributed by atoms with E-state index in [2.05, 4.69) is 47.3 Å². The highest BCUT2D eigenvalue weighted by atomic mass is 32.1. The molecule has 0 fully saturated rings. The van der Waals surface area contributed by atoms with E-state index in [4.69, 9.17) is 4.42 Å². The first-order chi connectivity index (χ1) is 8.78. The number of benzene rings is 1. The van der Waals surface area contributed by atoms with E-state index in [9.17, 15) is 0 Å². The smallest absolute Gasteiger partial charge is 0.134 e. The van der Waals surface area contributed by atoms with Crippen molar-refractivity contribution in [2.24, 2.45) is 0 Å². The fourth-order valence-electron chi connectivity index (χ4n) is 2.24. The third-order valence-electron chi connectivity index (χ3n) is 3.14. The summed E-state index contributed by atoms with van der Waals surface area (Å²) >= 11 is 1.71. The van der Waals surface area contributed by atoms with Gasteiger partial charge in [-0.2, -0.15) is 11.3 Å². The maximum Gasteiger partial charge on any atom is 0.134 e. The lowest BCUT2D eigenvalue weighted by molar-refractivity contribution is 0.492. The number of aryl methyl sites for hydroxylation is 1. The molecular weight excluding hydrogens is 242 g/mol. The summed E-state index contributed by atoms with van der Waals surface area (Å²) in [6, 6.07) is 10.7. The minimum Gasteiger partial charge on any atom is -0.459 e. The zero-order valence-corrected chi connectivity index (χ0v) is 11.3. The highest BCUT2D eigenvalue weighted by Gasteiger charge is 2.16. The van der Waals surface area contributed by atoms with Gasteiger partial charge in [0, 0.05) is 5.39 Å². The highest BCUT2D eigenvalue weighted by molar-refractivity contribution is 7.08. The molecule has 3 rings (SSSR count). The van der Waals surface area contributed by atoms with Gasteiger partial charge in [-0.3, -0.25) is 0 Å². The first-order valence-corrected chi connectivity index (χ1v) is 6.91. The number of furan rings is 1. The Morgan fingerprint density at radius 1 is 1.22 bits per heavy atom. The molecule has 1 atom stereocenters. The Balaban J connectivity index is 2.07. The van der Waals surface area contributed by atoms with Gasteiger partial charge in [0.25, 0.3) is 0 Å². The van der Waals surface area contributed by atoms with Crippen molar-refractivity contribution in [1.29, 1.82) is 0 Å². The van der Waals surface area contributed by atoms with Crippen molar-refractivity contribution in [2.45, 2.75) is 13.0 Å². The van der Waals surface area contributed by atoms with Crippen molar-refractivity contribution >= 4 is 22.3 Å². The fraction of sp³-hybridized carbons (Fsp3) is 0.200. The molecule has 0 aliphatic carbocycles. The summed E-state index contributed by atoms with van der Waals surface area (Å²) in [5, 5.41) is 8.72. The van der Waals surface area contributed by atoms with E-state index in [1.54, 1.807) is 11.3 Å². The second-order valence-corrected chi connectivity index (χ2v) is 5.25. The standard InChI is InChI=1S/C15H15NOS/c1-10-3-4-13-12(7-10)8-14(17-13)15(16-2)11-5-6-18-9-11/h3-9,15-16H,1-2H3. The van der Waals surface area contributed by atoms with Crippen LogP contribution in [0.2, 0.25) is 0 Å². The minimum atomic E-state index is 0.129. The Kier molecular flexibility index (Phi) is 2.94. The van der Waals surface area contributed by atoms with E-state index in [1.165, 1.54) is 16.5 Å². The maximum atomic E-state index is 5.94. The van der Waals surface area contributed by atoms with Gasteiger partial charge in [-0.25, -0.2) is 0 Å². The highest BCUT2D eigenvalue weighted by Crippen LogP contribution is 2.29. The van der Waals surface area contributed by atoms with Gasteiger partial charge in [-0.1, -0.05) is 11.6 Å². The second kappa shape index (κ2) is 4.59. The molecule has 0 aliphatic rings. The van der Waals surface area contributed by atoms with Crippen molar-refractivity contribution in [1.82, 2.24) is 5.32 Å². The Labute approximate surface area is 110 Å². The lowest BCUT2D eigenvalue weighted by Crippen LogP contribution is -2.16. The van der Waals surface area contributed by atoms with E-state index in [0.717, 1.165) is 11.3 Å². The van der Waals surface area contributed by atoms with E-state index < -0.39 is 0 Å². The second-order valence-electron chi connectivity index (χ2n) is 4.47. The zero-order valence-electron chi connectivity index (χ0n) is 10.4. The molecule has 0 aliphatic heterocycles. The van der Waals surface area contributed by atoms with Crippen LogP contribution in [0.4, 0.5) is 0 Å². The van der Waals surface area contributed by atoms with Crippen LogP contribution in [-0.2, 0) is 0 Å². The molecule has 0 amide bonds. The van der Waals surface area contributed by atoms with Crippen molar-refractivity contribution < 1.29 is 4.42 Å². The van der Waals surface area contributed by atoms with Crippen LogP contribution >= 0.6 is 11.3 Å². The largest absolute Gasteiger partial charge is 0.459 e. The van der Waals surface area contributed by atoms with Crippen LogP contribution in [0.1, 0.15) is 22.9 Å². The van der Waals surface area contributed by atoms with Crippen LogP contribution in [0, 0.1) is 6.92 Å².